The van der Waals surface area contributed by atoms with Crippen LogP contribution in [0.15, 0.2) is 18.2 Å². The zero-order valence-corrected chi connectivity index (χ0v) is 8.64. The highest BCUT2D eigenvalue weighted by atomic mass is 35.5. The molecule has 0 saturated heterocycles. The van der Waals surface area contributed by atoms with Crippen LogP contribution in [-0.4, -0.2) is 11.1 Å². The molecule has 0 aliphatic heterocycles. The summed E-state index contributed by atoms with van der Waals surface area (Å²) in [6.45, 7) is 1.91. The van der Waals surface area contributed by atoms with Gasteiger partial charge in [0, 0.05) is 5.02 Å². The second-order valence-electron chi connectivity index (χ2n) is 3.82. The Morgan fingerprint density at radius 3 is 2.57 bits per heavy atom. The number of hydrogen-bond donors (Lipinski definition) is 1. The Morgan fingerprint density at radius 1 is 1.50 bits per heavy atom. The van der Waals surface area contributed by atoms with Crippen LogP contribution in [0.1, 0.15) is 24.0 Å². The Labute approximate surface area is 87.5 Å². The van der Waals surface area contributed by atoms with Gasteiger partial charge in [-0.3, -0.25) is 4.79 Å². The molecule has 1 aliphatic carbocycles. The van der Waals surface area contributed by atoms with E-state index >= 15 is 0 Å². The summed E-state index contributed by atoms with van der Waals surface area (Å²) in [5.41, 5.74) is 1.08. The van der Waals surface area contributed by atoms with E-state index in [0.717, 1.165) is 11.1 Å². The standard InChI is InChI=1S/C11H11ClO2/c1-7-3-2-4-8(12)9(7)11(5-6-11)10(13)14/h2-4H,5-6H2,1H3,(H,13,14). The van der Waals surface area contributed by atoms with Crippen molar-refractivity contribution < 1.29 is 9.90 Å². The molecule has 2 nitrogen and oxygen atoms in total. The molecular weight excluding hydrogens is 200 g/mol. The predicted molar refractivity (Wildman–Crippen MR) is 54.7 cm³/mol. The van der Waals surface area contributed by atoms with Crippen molar-refractivity contribution in [3.63, 3.8) is 0 Å². The number of halogens is 1. The van der Waals surface area contributed by atoms with E-state index in [4.69, 9.17) is 16.7 Å². The molecule has 0 bridgehead atoms. The van der Waals surface area contributed by atoms with Gasteiger partial charge in [-0.05, 0) is 37.0 Å². The lowest BCUT2D eigenvalue weighted by atomic mass is 9.92. The highest BCUT2D eigenvalue weighted by molar-refractivity contribution is 6.32. The molecule has 74 valence electrons. The first-order valence-corrected chi connectivity index (χ1v) is 4.95. The van der Waals surface area contributed by atoms with Crippen LogP contribution in [-0.2, 0) is 10.2 Å². The van der Waals surface area contributed by atoms with Gasteiger partial charge in [0.05, 0.1) is 5.41 Å². The summed E-state index contributed by atoms with van der Waals surface area (Å²) in [4.78, 5) is 11.1. The molecule has 0 atom stereocenters. The Morgan fingerprint density at radius 2 is 2.14 bits per heavy atom. The van der Waals surface area contributed by atoms with E-state index in [9.17, 15) is 4.79 Å². The lowest BCUT2D eigenvalue weighted by Crippen LogP contribution is -2.21. The third-order valence-electron chi connectivity index (χ3n) is 2.86. The monoisotopic (exact) mass is 210 g/mol. The van der Waals surface area contributed by atoms with Crippen molar-refractivity contribution in [3.05, 3.63) is 34.3 Å². The van der Waals surface area contributed by atoms with Crippen molar-refractivity contribution in [3.8, 4) is 0 Å². The number of benzene rings is 1. The predicted octanol–water partition coefficient (Wildman–Crippen LogP) is 2.76. The Kier molecular flexibility index (Phi) is 2.04. The molecule has 1 N–H and O–H groups in total. The van der Waals surface area contributed by atoms with Crippen LogP contribution in [0.25, 0.3) is 0 Å². The number of carboxylic acids is 1. The summed E-state index contributed by atoms with van der Waals surface area (Å²) >= 11 is 6.03. The van der Waals surface area contributed by atoms with Crippen molar-refractivity contribution >= 4 is 17.6 Å². The summed E-state index contributed by atoms with van der Waals surface area (Å²) in [6.07, 6.45) is 1.40. The second-order valence-corrected chi connectivity index (χ2v) is 4.23. The average molecular weight is 211 g/mol. The molecule has 2 rings (SSSR count). The van der Waals surface area contributed by atoms with Gasteiger partial charge in [-0.1, -0.05) is 23.7 Å². The van der Waals surface area contributed by atoms with Crippen LogP contribution in [0.5, 0.6) is 0 Å². The van der Waals surface area contributed by atoms with Crippen molar-refractivity contribution in [2.45, 2.75) is 25.2 Å². The third kappa shape index (κ3) is 1.22. The summed E-state index contributed by atoms with van der Waals surface area (Å²) in [5, 5.41) is 9.72. The molecule has 0 aromatic heterocycles. The van der Waals surface area contributed by atoms with E-state index in [-0.39, 0.29) is 0 Å². The van der Waals surface area contributed by atoms with E-state index in [0.29, 0.717) is 17.9 Å². The normalized spacial score (nSPS) is 17.9. The van der Waals surface area contributed by atoms with Crippen molar-refractivity contribution in [1.82, 2.24) is 0 Å². The Balaban J connectivity index is 2.56. The largest absolute Gasteiger partial charge is 0.481 e. The molecule has 0 radical (unpaired) electrons. The third-order valence-corrected chi connectivity index (χ3v) is 3.17. The lowest BCUT2D eigenvalue weighted by Gasteiger charge is -2.14. The van der Waals surface area contributed by atoms with Gasteiger partial charge >= 0.3 is 5.97 Å². The molecule has 1 aromatic rings. The number of aliphatic carboxylic acids is 1. The van der Waals surface area contributed by atoms with Crippen LogP contribution >= 0.6 is 11.6 Å². The van der Waals surface area contributed by atoms with Crippen LogP contribution in [0, 0.1) is 6.92 Å². The molecule has 0 heterocycles. The number of rotatable bonds is 2. The highest BCUT2D eigenvalue weighted by Gasteiger charge is 2.53. The zero-order valence-electron chi connectivity index (χ0n) is 7.88. The van der Waals surface area contributed by atoms with E-state index in [1.54, 1.807) is 6.07 Å². The second kappa shape index (κ2) is 2.99. The minimum Gasteiger partial charge on any atom is -0.481 e. The summed E-state index contributed by atoms with van der Waals surface area (Å²) < 4.78 is 0. The number of carboxylic acid groups (broad SMARTS) is 1. The minimum atomic E-state index is -0.756. The maximum Gasteiger partial charge on any atom is 0.314 e. The summed E-state index contributed by atoms with van der Waals surface area (Å²) in [7, 11) is 0. The van der Waals surface area contributed by atoms with Crippen LogP contribution in [0.2, 0.25) is 5.02 Å². The SMILES string of the molecule is Cc1cccc(Cl)c1C1(C(=O)O)CC1. The molecule has 1 aromatic carbocycles. The average Bonchev–Trinajstić information content (AvgIpc) is 2.85. The number of hydrogen-bond acceptors (Lipinski definition) is 1. The first kappa shape index (κ1) is 9.53. The van der Waals surface area contributed by atoms with E-state index in [2.05, 4.69) is 0 Å². The van der Waals surface area contributed by atoms with Crippen LogP contribution < -0.4 is 0 Å². The Hall–Kier alpha value is -1.02. The first-order valence-electron chi connectivity index (χ1n) is 4.57. The van der Waals surface area contributed by atoms with Gasteiger partial charge in [-0.25, -0.2) is 0 Å². The van der Waals surface area contributed by atoms with Crippen molar-refractivity contribution in [2.24, 2.45) is 0 Å². The van der Waals surface area contributed by atoms with Gasteiger partial charge in [0.2, 0.25) is 0 Å². The first-order chi connectivity index (χ1) is 6.58. The molecule has 0 unspecified atom stereocenters. The fourth-order valence-electron chi connectivity index (χ4n) is 1.93. The molecule has 1 aliphatic rings. The summed E-state index contributed by atoms with van der Waals surface area (Å²) in [5.74, 6) is -0.756. The number of carbonyl (C=O) groups is 1. The van der Waals surface area contributed by atoms with Crippen LogP contribution in [0.4, 0.5) is 0 Å². The van der Waals surface area contributed by atoms with E-state index in [1.165, 1.54) is 0 Å². The highest BCUT2D eigenvalue weighted by Crippen LogP contribution is 2.51. The maximum atomic E-state index is 11.1. The smallest absolute Gasteiger partial charge is 0.314 e. The van der Waals surface area contributed by atoms with Crippen LogP contribution in [0.3, 0.4) is 0 Å². The molecule has 1 fully saturated rings. The van der Waals surface area contributed by atoms with Gasteiger partial charge < -0.3 is 5.11 Å². The van der Waals surface area contributed by atoms with Gasteiger partial charge in [-0.15, -0.1) is 0 Å². The quantitative estimate of drug-likeness (QED) is 0.815. The molecule has 14 heavy (non-hydrogen) atoms. The van der Waals surface area contributed by atoms with E-state index in [1.807, 2.05) is 19.1 Å². The van der Waals surface area contributed by atoms with Gasteiger partial charge in [0.25, 0.3) is 0 Å². The van der Waals surface area contributed by atoms with E-state index < -0.39 is 11.4 Å². The Bertz CT molecular complexity index is 374. The van der Waals surface area contributed by atoms with Crippen molar-refractivity contribution in [2.75, 3.05) is 0 Å². The minimum absolute atomic E-state index is 0.574. The fraction of sp³-hybridized carbons (Fsp3) is 0.364. The molecule has 0 spiro atoms. The van der Waals surface area contributed by atoms with Gasteiger partial charge in [-0.2, -0.15) is 0 Å². The van der Waals surface area contributed by atoms with Crippen molar-refractivity contribution in [1.29, 1.82) is 0 Å². The van der Waals surface area contributed by atoms with Gasteiger partial charge in [0.15, 0.2) is 0 Å². The summed E-state index contributed by atoms with van der Waals surface area (Å²) in [6, 6.07) is 5.51. The molecule has 1 saturated carbocycles. The lowest BCUT2D eigenvalue weighted by molar-refractivity contribution is -0.140. The van der Waals surface area contributed by atoms with Gasteiger partial charge in [0.1, 0.15) is 0 Å². The molecule has 3 heteroatoms. The maximum absolute atomic E-state index is 11.1. The zero-order chi connectivity index (χ0) is 10.3. The number of aryl methyl sites for hydroxylation is 1. The molecular formula is C11H11ClO2. The topological polar surface area (TPSA) is 37.3 Å². The fourth-order valence-corrected chi connectivity index (χ4v) is 2.34. The molecule has 0 amide bonds.